The third-order valence-electron chi connectivity index (χ3n) is 4.96. The lowest BCUT2D eigenvalue weighted by Crippen LogP contribution is -2.15. The van der Waals surface area contributed by atoms with Crippen LogP contribution in [-0.4, -0.2) is 37.5 Å². The molecule has 164 valence electrons. The minimum absolute atomic E-state index is 0.0359. The lowest BCUT2D eigenvalue weighted by Gasteiger charge is -2.15. The minimum atomic E-state index is -3.99. The molecule has 8 nitrogen and oxygen atoms in total. The van der Waals surface area contributed by atoms with Crippen molar-refractivity contribution in [1.82, 2.24) is 15.0 Å². The van der Waals surface area contributed by atoms with Crippen LogP contribution in [0.2, 0.25) is 5.02 Å². The van der Waals surface area contributed by atoms with Gasteiger partial charge in [-0.25, -0.2) is 23.4 Å². The van der Waals surface area contributed by atoms with Crippen LogP contribution in [0.5, 0.6) is 5.88 Å². The summed E-state index contributed by atoms with van der Waals surface area (Å²) in [5.41, 5.74) is 3.80. The highest BCUT2D eigenvalue weighted by atomic mass is 35.5. The zero-order valence-electron chi connectivity index (χ0n) is 17.5. The number of nitrogens with one attached hydrogen (secondary N) is 2. The van der Waals surface area contributed by atoms with Gasteiger partial charge in [0.25, 0.3) is 10.0 Å². The molecule has 2 heterocycles. The van der Waals surface area contributed by atoms with E-state index in [1.54, 1.807) is 25.4 Å². The van der Waals surface area contributed by atoms with E-state index >= 15 is 0 Å². The van der Waals surface area contributed by atoms with Crippen molar-refractivity contribution in [2.45, 2.75) is 11.8 Å². The fraction of sp³-hybridized carbons (Fsp3) is 0.136. The first-order valence-electron chi connectivity index (χ1n) is 9.59. The summed E-state index contributed by atoms with van der Waals surface area (Å²) in [5.74, 6) is 0.509. The van der Waals surface area contributed by atoms with Crippen LogP contribution in [0.4, 0.5) is 11.6 Å². The van der Waals surface area contributed by atoms with Crippen LogP contribution < -0.4 is 14.8 Å². The molecule has 0 atom stereocenters. The second-order valence-electron chi connectivity index (χ2n) is 6.96. The molecule has 4 rings (SSSR count). The van der Waals surface area contributed by atoms with Crippen LogP contribution in [0, 0.1) is 6.92 Å². The number of ether oxygens (including phenoxy) is 1. The van der Waals surface area contributed by atoms with E-state index in [1.165, 1.54) is 19.4 Å². The van der Waals surface area contributed by atoms with Crippen molar-refractivity contribution in [3.63, 3.8) is 0 Å². The highest BCUT2D eigenvalue weighted by Crippen LogP contribution is 2.33. The number of fused-ring (bicyclic) bond motifs is 1. The molecule has 0 saturated heterocycles. The van der Waals surface area contributed by atoms with Gasteiger partial charge in [-0.1, -0.05) is 29.8 Å². The Bertz CT molecular complexity index is 1430. The topological polar surface area (TPSA) is 106 Å². The van der Waals surface area contributed by atoms with Crippen LogP contribution in [0.25, 0.3) is 22.0 Å². The molecule has 0 radical (unpaired) electrons. The highest BCUT2D eigenvalue weighted by molar-refractivity contribution is 7.92. The van der Waals surface area contributed by atoms with Gasteiger partial charge in [-0.3, -0.25) is 4.72 Å². The summed E-state index contributed by atoms with van der Waals surface area (Å²) in [6.45, 7) is 1.85. The quantitative estimate of drug-likeness (QED) is 0.428. The molecule has 2 N–H and O–H groups in total. The van der Waals surface area contributed by atoms with Gasteiger partial charge in [0, 0.05) is 24.8 Å². The van der Waals surface area contributed by atoms with Crippen molar-refractivity contribution in [3.8, 4) is 17.0 Å². The molecule has 4 aromatic rings. The van der Waals surface area contributed by atoms with Crippen LogP contribution in [-0.2, 0) is 10.0 Å². The van der Waals surface area contributed by atoms with Crippen molar-refractivity contribution in [1.29, 1.82) is 0 Å². The molecule has 0 spiro atoms. The summed E-state index contributed by atoms with van der Waals surface area (Å²) in [7, 11) is -0.876. The summed E-state index contributed by atoms with van der Waals surface area (Å²) in [6.07, 6.45) is 3.08. The molecule has 0 aliphatic rings. The summed E-state index contributed by atoms with van der Waals surface area (Å²) in [6, 6.07) is 12.5. The van der Waals surface area contributed by atoms with Crippen LogP contribution >= 0.6 is 11.6 Å². The van der Waals surface area contributed by atoms with Gasteiger partial charge in [-0.15, -0.1) is 0 Å². The van der Waals surface area contributed by atoms with Crippen LogP contribution in [0.3, 0.4) is 0 Å². The van der Waals surface area contributed by atoms with Gasteiger partial charge in [0.05, 0.1) is 23.3 Å². The fourth-order valence-electron chi connectivity index (χ4n) is 3.33. The molecule has 2 aromatic carbocycles. The Kier molecular flexibility index (Phi) is 5.86. The number of halogens is 1. The first kappa shape index (κ1) is 21.8. The molecule has 0 fully saturated rings. The van der Waals surface area contributed by atoms with Gasteiger partial charge in [0.1, 0.15) is 0 Å². The lowest BCUT2D eigenvalue weighted by atomic mass is 9.98. The average Bonchev–Trinajstić information content (AvgIpc) is 2.79. The standard InChI is InChI=1S/C22H20ClN5O3S/c1-13-17(14-7-8-19-15(9-14)11-26-22(24-2)27-19)5-4-6-18(13)28-32(29,30)20-10-16(23)12-25-21(20)31-3/h4-12,28H,1-3H3,(H,24,26,27). The number of aromatic nitrogens is 3. The molecular formula is C22H20ClN5O3S. The molecule has 32 heavy (non-hydrogen) atoms. The maximum atomic E-state index is 13.1. The molecule has 0 saturated carbocycles. The van der Waals surface area contributed by atoms with E-state index in [9.17, 15) is 8.42 Å². The van der Waals surface area contributed by atoms with Gasteiger partial charge in [0.15, 0.2) is 4.90 Å². The van der Waals surface area contributed by atoms with E-state index in [-0.39, 0.29) is 15.8 Å². The smallest absolute Gasteiger partial charge is 0.267 e. The number of nitrogens with zero attached hydrogens (tertiary/aromatic N) is 3. The summed E-state index contributed by atoms with van der Waals surface area (Å²) >= 11 is 5.96. The first-order valence-corrected chi connectivity index (χ1v) is 11.5. The van der Waals surface area contributed by atoms with E-state index in [0.717, 1.165) is 27.6 Å². The van der Waals surface area contributed by atoms with Crippen molar-refractivity contribution in [3.05, 3.63) is 65.4 Å². The number of pyridine rings is 1. The third-order valence-corrected chi connectivity index (χ3v) is 6.53. The predicted molar refractivity (Wildman–Crippen MR) is 126 cm³/mol. The van der Waals surface area contributed by atoms with Crippen LogP contribution in [0.15, 0.2) is 59.8 Å². The second kappa shape index (κ2) is 8.60. The lowest BCUT2D eigenvalue weighted by molar-refractivity contribution is 0.385. The summed E-state index contributed by atoms with van der Waals surface area (Å²) in [4.78, 5) is 12.5. The number of sulfonamides is 1. The summed E-state index contributed by atoms with van der Waals surface area (Å²) in [5, 5.41) is 3.99. The van der Waals surface area contributed by atoms with Crippen molar-refractivity contribution >= 4 is 44.2 Å². The summed E-state index contributed by atoms with van der Waals surface area (Å²) < 4.78 is 33.8. The van der Waals surface area contributed by atoms with E-state index in [0.29, 0.717) is 11.6 Å². The maximum absolute atomic E-state index is 13.1. The van der Waals surface area contributed by atoms with Crippen molar-refractivity contribution in [2.24, 2.45) is 0 Å². The minimum Gasteiger partial charge on any atom is -0.480 e. The normalized spacial score (nSPS) is 11.4. The zero-order valence-corrected chi connectivity index (χ0v) is 19.1. The van der Waals surface area contributed by atoms with Gasteiger partial charge >= 0.3 is 0 Å². The first-order chi connectivity index (χ1) is 15.3. The Balaban J connectivity index is 1.73. The molecule has 10 heteroatoms. The van der Waals surface area contributed by atoms with E-state index < -0.39 is 10.0 Å². The Labute approximate surface area is 190 Å². The zero-order chi connectivity index (χ0) is 22.9. The maximum Gasteiger partial charge on any atom is 0.267 e. The highest BCUT2D eigenvalue weighted by Gasteiger charge is 2.22. The van der Waals surface area contributed by atoms with Gasteiger partial charge in [-0.2, -0.15) is 0 Å². The van der Waals surface area contributed by atoms with E-state index in [1.807, 2.05) is 31.2 Å². The fourth-order valence-corrected chi connectivity index (χ4v) is 4.83. The Morgan fingerprint density at radius 2 is 1.88 bits per heavy atom. The second-order valence-corrected chi connectivity index (χ2v) is 9.05. The molecule has 0 amide bonds. The van der Waals surface area contributed by atoms with Gasteiger partial charge in [0.2, 0.25) is 11.8 Å². The van der Waals surface area contributed by atoms with Crippen molar-refractivity contribution in [2.75, 3.05) is 24.2 Å². The molecular weight excluding hydrogens is 450 g/mol. The Morgan fingerprint density at radius 3 is 2.62 bits per heavy atom. The monoisotopic (exact) mass is 469 g/mol. The molecule has 0 unspecified atom stereocenters. The molecule has 0 bridgehead atoms. The van der Waals surface area contributed by atoms with Crippen molar-refractivity contribution < 1.29 is 13.2 Å². The van der Waals surface area contributed by atoms with Crippen LogP contribution in [0.1, 0.15) is 5.56 Å². The number of rotatable bonds is 6. The number of methoxy groups -OCH3 is 1. The molecule has 2 aromatic heterocycles. The van der Waals surface area contributed by atoms with E-state index in [4.69, 9.17) is 16.3 Å². The Hall–Kier alpha value is -3.43. The largest absolute Gasteiger partial charge is 0.480 e. The average molecular weight is 470 g/mol. The van der Waals surface area contributed by atoms with E-state index in [2.05, 4.69) is 25.0 Å². The number of anilines is 2. The predicted octanol–water partition coefficient (Wildman–Crippen LogP) is 4.50. The molecule has 0 aliphatic heterocycles. The van der Waals surface area contributed by atoms with Gasteiger partial charge in [-0.05, 0) is 47.9 Å². The third kappa shape index (κ3) is 4.17. The van der Waals surface area contributed by atoms with Gasteiger partial charge < -0.3 is 10.1 Å². The SMILES string of the molecule is CNc1ncc2cc(-c3cccc(NS(=O)(=O)c4cc(Cl)cnc4OC)c3C)ccc2n1. The number of hydrogen-bond acceptors (Lipinski definition) is 7. The Morgan fingerprint density at radius 1 is 1.06 bits per heavy atom. The molecule has 0 aliphatic carbocycles. The number of benzene rings is 2. The number of hydrogen-bond donors (Lipinski definition) is 2.